The highest BCUT2D eigenvalue weighted by Gasteiger charge is 2.26. The van der Waals surface area contributed by atoms with E-state index in [2.05, 4.69) is 9.71 Å². The summed E-state index contributed by atoms with van der Waals surface area (Å²) >= 11 is 1.52. The third kappa shape index (κ3) is 6.00. The molecule has 0 atom stereocenters. The van der Waals surface area contributed by atoms with Gasteiger partial charge in [0.2, 0.25) is 0 Å². The van der Waals surface area contributed by atoms with Crippen molar-refractivity contribution in [1.82, 2.24) is 9.88 Å². The second-order valence-electron chi connectivity index (χ2n) is 8.58. The summed E-state index contributed by atoms with van der Waals surface area (Å²) in [5.74, 6) is 0.275. The topological polar surface area (TPSA) is 79.4 Å². The molecule has 3 aromatic rings. The van der Waals surface area contributed by atoms with E-state index in [0.29, 0.717) is 24.6 Å². The summed E-state index contributed by atoms with van der Waals surface area (Å²) in [5, 5.41) is 2.78. The minimum Gasteiger partial charge on any atom is -0.332 e. The van der Waals surface area contributed by atoms with Crippen LogP contribution in [-0.2, 0) is 16.6 Å². The number of nitrogens with one attached hydrogen (secondary N) is 1. The molecule has 1 fully saturated rings. The number of hydrogen-bond donors (Lipinski definition) is 1. The highest BCUT2D eigenvalue weighted by molar-refractivity contribution is 7.92. The number of carbonyl (C=O) groups excluding carboxylic acids is 1. The number of amides is 1. The molecule has 0 unspecified atom stereocenters. The molecule has 1 N–H and O–H groups in total. The van der Waals surface area contributed by atoms with E-state index in [-0.39, 0.29) is 16.5 Å². The van der Waals surface area contributed by atoms with Gasteiger partial charge in [0.1, 0.15) is 5.01 Å². The zero-order valence-electron chi connectivity index (χ0n) is 18.7. The number of nitrogens with zero attached hydrogens (tertiary/aromatic N) is 2. The maximum Gasteiger partial charge on any atom is 0.261 e. The van der Waals surface area contributed by atoms with Gasteiger partial charge in [0.05, 0.1) is 22.7 Å². The van der Waals surface area contributed by atoms with Crippen LogP contribution in [0, 0.1) is 12.8 Å². The van der Waals surface area contributed by atoms with Crippen LogP contribution in [0.15, 0.2) is 65.0 Å². The van der Waals surface area contributed by atoms with E-state index in [4.69, 9.17) is 0 Å². The van der Waals surface area contributed by atoms with Gasteiger partial charge in [-0.2, -0.15) is 0 Å². The van der Waals surface area contributed by atoms with E-state index < -0.39 is 10.0 Å². The van der Waals surface area contributed by atoms with Crippen LogP contribution in [0.4, 0.5) is 5.69 Å². The summed E-state index contributed by atoms with van der Waals surface area (Å²) in [6, 6.07) is 13.5. The third-order valence-corrected chi connectivity index (χ3v) is 8.18. The fourth-order valence-electron chi connectivity index (χ4n) is 4.25. The van der Waals surface area contributed by atoms with Gasteiger partial charge in [-0.05, 0) is 49.9 Å². The van der Waals surface area contributed by atoms with Gasteiger partial charge >= 0.3 is 0 Å². The number of sulfonamides is 1. The Kier molecular flexibility index (Phi) is 7.45. The summed E-state index contributed by atoms with van der Waals surface area (Å²) in [6.45, 7) is 2.98. The van der Waals surface area contributed by atoms with Crippen molar-refractivity contribution in [1.29, 1.82) is 0 Å². The van der Waals surface area contributed by atoms with Gasteiger partial charge in [0.15, 0.2) is 0 Å². The number of rotatable bonds is 8. The molecule has 174 valence electrons. The summed E-state index contributed by atoms with van der Waals surface area (Å²) < 4.78 is 28.6. The first-order valence-electron chi connectivity index (χ1n) is 11.3. The predicted octanol–water partition coefficient (Wildman–Crippen LogP) is 5.48. The van der Waals surface area contributed by atoms with Gasteiger partial charge in [-0.3, -0.25) is 9.52 Å². The molecule has 1 aliphatic rings. The first-order chi connectivity index (χ1) is 15.9. The van der Waals surface area contributed by atoms with Crippen LogP contribution < -0.4 is 4.72 Å². The number of aromatic nitrogens is 1. The van der Waals surface area contributed by atoms with Crippen molar-refractivity contribution in [3.8, 4) is 0 Å². The summed E-state index contributed by atoms with van der Waals surface area (Å²) in [5.41, 5.74) is 1.61. The number of thiazole rings is 1. The lowest BCUT2D eigenvalue weighted by molar-refractivity contribution is 0.0700. The molecule has 33 heavy (non-hydrogen) atoms. The van der Waals surface area contributed by atoms with Crippen LogP contribution in [-0.4, -0.2) is 30.8 Å². The molecule has 0 radical (unpaired) electrons. The molecule has 1 amide bonds. The fourth-order valence-corrected chi connectivity index (χ4v) is 5.96. The molecular formula is C25H29N3O3S2. The van der Waals surface area contributed by atoms with Crippen molar-refractivity contribution in [2.24, 2.45) is 5.92 Å². The van der Waals surface area contributed by atoms with Gasteiger partial charge in [0, 0.05) is 18.1 Å². The zero-order chi connectivity index (χ0) is 23.3. The van der Waals surface area contributed by atoms with Crippen molar-refractivity contribution in [2.45, 2.75) is 50.5 Å². The molecule has 2 aromatic carbocycles. The van der Waals surface area contributed by atoms with Crippen molar-refractivity contribution < 1.29 is 13.2 Å². The summed E-state index contributed by atoms with van der Waals surface area (Å²) in [7, 11) is -3.82. The highest BCUT2D eigenvalue weighted by Crippen LogP contribution is 2.28. The van der Waals surface area contributed by atoms with Crippen LogP contribution in [0.2, 0.25) is 0 Å². The highest BCUT2D eigenvalue weighted by atomic mass is 32.2. The lowest BCUT2D eigenvalue weighted by Crippen LogP contribution is -2.36. The number of aryl methyl sites for hydroxylation is 1. The number of carbonyl (C=O) groups is 1. The van der Waals surface area contributed by atoms with E-state index in [1.54, 1.807) is 54.7 Å². The Balaban J connectivity index is 1.60. The molecule has 1 aromatic heterocycles. The third-order valence-electron chi connectivity index (χ3n) is 6.03. The largest absolute Gasteiger partial charge is 0.332 e. The maximum atomic E-state index is 13.7. The lowest BCUT2D eigenvalue weighted by Gasteiger charge is -2.30. The Hall–Kier alpha value is -2.71. The Morgan fingerprint density at radius 3 is 2.52 bits per heavy atom. The van der Waals surface area contributed by atoms with Gasteiger partial charge < -0.3 is 4.90 Å². The van der Waals surface area contributed by atoms with Crippen molar-refractivity contribution in [3.05, 3.63) is 76.2 Å². The Morgan fingerprint density at radius 2 is 1.82 bits per heavy atom. The SMILES string of the molecule is Cc1ccc(S(=O)(=O)Nc2ccccc2C(=O)N(Cc2nccs2)CC2CCCCC2)cc1. The van der Waals surface area contributed by atoms with Crippen LogP contribution in [0.25, 0.3) is 0 Å². The van der Waals surface area contributed by atoms with Gasteiger partial charge in [0.25, 0.3) is 15.9 Å². The molecule has 1 aliphatic carbocycles. The minimum absolute atomic E-state index is 0.164. The molecule has 0 bridgehead atoms. The molecule has 4 rings (SSSR count). The van der Waals surface area contributed by atoms with Crippen molar-refractivity contribution >= 4 is 33.0 Å². The van der Waals surface area contributed by atoms with E-state index in [0.717, 1.165) is 23.4 Å². The number of anilines is 1. The average molecular weight is 484 g/mol. The van der Waals surface area contributed by atoms with Crippen molar-refractivity contribution in [3.63, 3.8) is 0 Å². The average Bonchev–Trinajstić information content (AvgIpc) is 3.32. The smallest absolute Gasteiger partial charge is 0.261 e. The Labute approximate surface area is 199 Å². The van der Waals surface area contributed by atoms with Crippen LogP contribution in [0.5, 0.6) is 0 Å². The standard InChI is InChI=1S/C25H29N3O3S2/c1-19-11-13-21(14-12-19)33(30,31)27-23-10-6-5-9-22(23)25(29)28(18-24-26-15-16-32-24)17-20-7-3-2-4-8-20/h5-6,9-16,20,27H,2-4,7-8,17-18H2,1H3. The van der Waals surface area contributed by atoms with Crippen LogP contribution >= 0.6 is 11.3 Å². The zero-order valence-corrected chi connectivity index (χ0v) is 20.4. The monoisotopic (exact) mass is 483 g/mol. The first-order valence-corrected chi connectivity index (χ1v) is 13.6. The minimum atomic E-state index is -3.82. The Morgan fingerprint density at radius 1 is 1.09 bits per heavy atom. The first kappa shape index (κ1) is 23.4. The van der Waals surface area contributed by atoms with Gasteiger partial charge in [-0.25, -0.2) is 13.4 Å². The summed E-state index contributed by atoms with van der Waals surface area (Å²) in [4.78, 5) is 20.1. The van der Waals surface area contributed by atoms with Gasteiger partial charge in [-0.1, -0.05) is 49.1 Å². The maximum absolute atomic E-state index is 13.7. The van der Waals surface area contributed by atoms with Crippen LogP contribution in [0.3, 0.4) is 0 Å². The normalized spacial score (nSPS) is 14.7. The molecular weight excluding hydrogens is 454 g/mol. The summed E-state index contributed by atoms with van der Waals surface area (Å²) in [6.07, 6.45) is 7.61. The predicted molar refractivity (Wildman–Crippen MR) is 132 cm³/mol. The molecule has 6 nitrogen and oxygen atoms in total. The second-order valence-corrected chi connectivity index (χ2v) is 11.2. The second kappa shape index (κ2) is 10.5. The van der Waals surface area contributed by atoms with E-state index in [1.165, 1.54) is 30.6 Å². The number of para-hydroxylation sites is 1. The van der Waals surface area contributed by atoms with Gasteiger partial charge in [-0.15, -0.1) is 11.3 Å². The molecule has 1 heterocycles. The Bertz CT molecular complexity index is 1170. The lowest BCUT2D eigenvalue weighted by atomic mass is 9.89. The molecule has 0 aliphatic heterocycles. The molecule has 8 heteroatoms. The van der Waals surface area contributed by atoms with Crippen LogP contribution in [0.1, 0.15) is 53.0 Å². The van der Waals surface area contributed by atoms with E-state index in [9.17, 15) is 13.2 Å². The van der Waals surface area contributed by atoms with E-state index >= 15 is 0 Å². The van der Waals surface area contributed by atoms with Crippen molar-refractivity contribution in [2.75, 3.05) is 11.3 Å². The number of benzene rings is 2. The molecule has 0 saturated heterocycles. The fraction of sp³-hybridized carbons (Fsp3) is 0.360. The quantitative estimate of drug-likeness (QED) is 0.460. The molecule has 1 saturated carbocycles. The van der Waals surface area contributed by atoms with E-state index in [1.807, 2.05) is 17.2 Å². The molecule has 0 spiro atoms. The number of hydrogen-bond acceptors (Lipinski definition) is 5.